The van der Waals surface area contributed by atoms with Crippen molar-refractivity contribution in [3.05, 3.63) is 24.3 Å². The number of carbonyl (C=O) groups excluding carboxylic acids is 2. The van der Waals surface area contributed by atoms with Crippen LogP contribution in [-0.4, -0.2) is 67.0 Å². The lowest BCUT2D eigenvalue weighted by atomic mass is 10.0. The highest BCUT2D eigenvalue weighted by atomic mass is 35.5. The molecule has 152 valence electrons. The molecule has 7 nitrogen and oxygen atoms in total. The number of carbonyl (C=O) groups is 2. The summed E-state index contributed by atoms with van der Waals surface area (Å²) in [6.45, 7) is 9.31. The maximum atomic E-state index is 12.3. The zero-order valence-corrected chi connectivity index (χ0v) is 17.1. The van der Waals surface area contributed by atoms with Crippen LogP contribution in [0, 0.1) is 5.92 Å². The van der Waals surface area contributed by atoms with Crippen molar-refractivity contribution in [1.29, 1.82) is 0 Å². The molecule has 2 rings (SSSR count). The zero-order chi connectivity index (χ0) is 19.1. The van der Waals surface area contributed by atoms with Gasteiger partial charge in [0.15, 0.2) is 0 Å². The standard InChI is InChI=1S/C19H30N4O3.ClH/c1-4-26-16-7-5-15(6-8-16)21-17(24)13-22-9-11-23(12-10-22)19(25)18(20)14(2)3;/h5-8,14,18H,4,9-13,20H2,1-3H3,(H,21,24);1H/t18-;/m0./s1. The molecular weight excluding hydrogens is 368 g/mol. The summed E-state index contributed by atoms with van der Waals surface area (Å²) in [6.07, 6.45) is 0. The lowest BCUT2D eigenvalue weighted by molar-refractivity contribution is -0.135. The molecule has 8 heteroatoms. The van der Waals surface area contributed by atoms with Gasteiger partial charge < -0.3 is 20.7 Å². The molecule has 0 aliphatic carbocycles. The molecule has 27 heavy (non-hydrogen) atoms. The van der Waals surface area contributed by atoms with Crippen LogP contribution in [0.5, 0.6) is 5.75 Å². The van der Waals surface area contributed by atoms with Gasteiger partial charge in [-0.05, 0) is 37.1 Å². The molecule has 0 unspecified atom stereocenters. The van der Waals surface area contributed by atoms with E-state index in [1.807, 2.05) is 45.0 Å². The fourth-order valence-electron chi connectivity index (χ4n) is 2.83. The third-order valence-electron chi connectivity index (χ3n) is 4.50. The summed E-state index contributed by atoms with van der Waals surface area (Å²) >= 11 is 0. The Morgan fingerprint density at radius 1 is 1.15 bits per heavy atom. The number of piperazine rings is 1. The minimum absolute atomic E-state index is 0. The van der Waals surface area contributed by atoms with Gasteiger partial charge in [-0.25, -0.2) is 0 Å². The van der Waals surface area contributed by atoms with Crippen molar-refractivity contribution in [3.8, 4) is 5.75 Å². The SMILES string of the molecule is CCOc1ccc(NC(=O)CN2CCN(C(=O)[C@@H](N)C(C)C)CC2)cc1.Cl. The molecule has 1 aromatic carbocycles. The van der Waals surface area contributed by atoms with Crippen LogP contribution in [0.15, 0.2) is 24.3 Å². The first-order valence-corrected chi connectivity index (χ1v) is 9.20. The van der Waals surface area contributed by atoms with Crippen LogP contribution in [0.2, 0.25) is 0 Å². The third kappa shape index (κ3) is 7.01. The number of benzene rings is 1. The highest BCUT2D eigenvalue weighted by molar-refractivity contribution is 5.92. The van der Waals surface area contributed by atoms with Crippen molar-refractivity contribution >= 4 is 29.9 Å². The van der Waals surface area contributed by atoms with E-state index in [1.54, 1.807) is 4.90 Å². The first-order chi connectivity index (χ1) is 12.4. The van der Waals surface area contributed by atoms with Gasteiger partial charge in [0.25, 0.3) is 0 Å². The molecule has 0 radical (unpaired) electrons. The molecule has 0 saturated carbocycles. The largest absolute Gasteiger partial charge is 0.494 e. The normalized spacial score (nSPS) is 15.8. The molecule has 0 bridgehead atoms. The lowest BCUT2D eigenvalue weighted by Gasteiger charge is -2.36. The van der Waals surface area contributed by atoms with Gasteiger partial charge in [0.2, 0.25) is 11.8 Å². The van der Waals surface area contributed by atoms with Crippen LogP contribution in [0.4, 0.5) is 5.69 Å². The molecule has 1 atom stereocenters. The molecule has 1 aliphatic rings. The zero-order valence-electron chi connectivity index (χ0n) is 16.3. The Hall–Kier alpha value is -1.83. The van der Waals surface area contributed by atoms with Crippen LogP contribution >= 0.6 is 12.4 Å². The van der Waals surface area contributed by atoms with E-state index in [9.17, 15) is 9.59 Å². The quantitative estimate of drug-likeness (QED) is 0.727. The van der Waals surface area contributed by atoms with E-state index in [2.05, 4.69) is 10.2 Å². The molecule has 1 aromatic rings. The Morgan fingerprint density at radius 2 is 1.74 bits per heavy atom. The molecular formula is C19H31ClN4O3. The highest BCUT2D eigenvalue weighted by Crippen LogP contribution is 2.15. The number of amides is 2. The Balaban J connectivity index is 0.00000364. The second-order valence-electron chi connectivity index (χ2n) is 6.88. The monoisotopic (exact) mass is 398 g/mol. The van der Waals surface area contributed by atoms with E-state index in [0.717, 1.165) is 11.4 Å². The van der Waals surface area contributed by atoms with Crippen LogP contribution in [0.1, 0.15) is 20.8 Å². The van der Waals surface area contributed by atoms with E-state index in [0.29, 0.717) is 39.3 Å². The van der Waals surface area contributed by atoms with Crippen molar-refractivity contribution in [2.75, 3.05) is 44.6 Å². The number of anilines is 1. The molecule has 1 saturated heterocycles. The van der Waals surface area contributed by atoms with E-state index >= 15 is 0 Å². The maximum Gasteiger partial charge on any atom is 0.239 e. The molecule has 1 fully saturated rings. The van der Waals surface area contributed by atoms with E-state index in [-0.39, 0.29) is 30.1 Å². The Labute approximate surface area is 167 Å². The van der Waals surface area contributed by atoms with Crippen molar-refractivity contribution in [2.24, 2.45) is 11.7 Å². The van der Waals surface area contributed by atoms with Crippen molar-refractivity contribution in [2.45, 2.75) is 26.8 Å². The van der Waals surface area contributed by atoms with Gasteiger partial charge in [-0.3, -0.25) is 14.5 Å². The van der Waals surface area contributed by atoms with Gasteiger partial charge in [0.1, 0.15) is 5.75 Å². The predicted octanol–water partition coefficient (Wildman–Crippen LogP) is 1.57. The summed E-state index contributed by atoms with van der Waals surface area (Å²) in [5.74, 6) is 0.845. The minimum Gasteiger partial charge on any atom is -0.494 e. The molecule has 2 amide bonds. The average Bonchev–Trinajstić information content (AvgIpc) is 2.63. The van der Waals surface area contributed by atoms with E-state index < -0.39 is 6.04 Å². The van der Waals surface area contributed by atoms with Crippen molar-refractivity contribution < 1.29 is 14.3 Å². The van der Waals surface area contributed by atoms with Gasteiger partial charge in [-0.1, -0.05) is 13.8 Å². The second kappa shape index (κ2) is 11.1. The van der Waals surface area contributed by atoms with Gasteiger partial charge >= 0.3 is 0 Å². The Kier molecular flexibility index (Phi) is 9.55. The number of halogens is 1. The average molecular weight is 399 g/mol. The number of nitrogens with zero attached hydrogens (tertiary/aromatic N) is 2. The fraction of sp³-hybridized carbons (Fsp3) is 0.579. The van der Waals surface area contributed by atoms with Gasteiger partial charge in [0.05, 0.1) is 19.2 Å². The predicted molar refractivity (Wildman–Crippen MR) is 109 cm³/mol. The fourth-order valence-corrected chi connectivity index (χ4v) is 2.83. The summed E-state index contributed by atoms with van der Waals surface area (Å²) < 4.78 is 5.39. The Morgan fingerprint density at radius 3 is 2.26 bits per heavy atom. The lowest BCUT2D eigenvalue weighted by Crippen LogP contribution is -2.55. The second-order valence-corrected chi connectivity index (χ2v) is 6.88. The number of ether oxygens (including phenoxy) is 1. The van der Waals surface area contributed by atoms with Gasteiger partial charge in [-0.2, -0.15) is 0 Å². The van der Waals surface area contributed by atoms with Crippen molar-refractivity contribution in [3.63, 3.8) is 0 Å². The molecule has 1 heterocycles. The smallest absolute Gasteiger partial charge is 0.239 e. The summed E-state index contributed by atoms with van der Waals surface area (Å²) in [5, 5.41) is 2.89. The number of hydrogen-bond acceptors (Lipinski definition) is 5. The first-order valence-electron chi connectivity index (χ1n) is 9.20. The molecule has 0 aromatic heterocycles. The van der Waals surface area contributed by atoms with Crippen LogP contribution in [-0.2, 0) is 9.59 Å². The van der Waals surface area contributed by atoms with E-state index in [4.69, 9.17) is 10.5 Å². The third-order valence-corrected chi connectivity index (χ3v) is 4.50. The number of nitrogens with two attached hydrogens (primary N) is 1. The number of rotatable bonds is 7. The van der Waals surface area contributed by atoms with E-state index in [1.165, 1.54) is 0 Å². The highest BCUT2D eigenvalue weighted by Gasteiger charge is 2.27. The number of nitrogens with one attached hydrogen (secondary N) is 1. The van der Waals surface area contributed by atoms with Crippen LogP contribution in [0.25, 0.3) is 0 Å². The number of hydrogen-bond donors (Lipinski definition) is 2. The van der Waals surface area contributed by atoms with Crippen LogP contribution < -0.4 is 15.8 Å². The minimum atomic E-state index is -0.454. The van der Waals surface area contributed by atoms with Crippen molar-refractivity contribution in [1.82, 2.24) is 9.80 Å². The summed E-state index contributed by atoms with van der Waals surface area (Å²) in [7, 11) is 0. The van der Waals surface area contributed by atoms with Crippen LogP contribution in [0.3, 0.4) is 0 Å². The van der Waals surface area contributed by atoms with Gasteiger partial charge in [-0.15, -0.1) is 12.4 Å². The summed E-state index contributed by atoms with van der Waals surface area (Å²) in [6, 6.07) is 6.87. The molecule has 0 spiro atoms. The first kappa shape index (κ1) is 23.2. The van der Waals surface area contributed by atoms with Gasteiger partial charge in [0, 0.05) is 31.9 Å². The maximum absolute atomic E-state index is 12.3. The Bertz CT molecular complexity index is 601. The summed E-state index contributed by atoms with van der Waals surface area (Å²) in [5.41, 5.74) is 6.69. The summed E-state index contributed by atoms with van der Waals surface area (Å²) in [4.78, 5) is 28.3. The molecule has 3 N–H and O–H groups in total. The topological polar surface area (TPSA) is 87.9 Å². The molecule has 1 aliphatic heterocycles.